The minimum Gasteiger partial charge on any atom is -0.467 e. The molecule has 0 unspecified atom stereocenters. The van der Waals surface area contributed by atoms with Gasteiger partial charge in [-0.05, 0) is 43.4 Å². The summed E-state index contributed by atoms with van der Waals surface area (Å²) in [6.45, 7) is 1.54. The van der Waals surface area contributed by atoms with Crippen molar-refractivity contribution in [2.24, 2.45) is 0 Å². The Morgan fingerprint density at radius 3 is 2.54 bits per heavy atom. The summed E-state index contributed by atoms with van der Waals surface area (Å²) in [4.78, 5) is 37.7. The van der Waals surface area contributed by atoms with Gasteiger partial charge in [0.05, 0.1) is 12.0 Å². The van der Waals surface area contributed by atoms with Gasteiger partial charge in [-0.3, -0.25) is 14.9 Å². The summed E-state index contributed by atoms with van der Waals surface area (Å²) in [5.74, 6) is -0.381. The number of carbonyl (C=O) groups excluding carboxylic acids is 2. The molecule has 1 aliphatic rings. The molecule has 0 aliphatic carbocycles. The molecule has 9 heteroatoms. The number of nitrogens with zero attached hydrogens (tertiary/aromatic N) is 2. The van der Waals surface area contributed by atoms with Crippen LogP contribution < -0.4 is 10.2 Å². The molecule has 1 aromatic carbocycles. The fraction of sp³-hybridized carbons (Fsp3) is 0.579. The normalized spacial score (nSPS) is 15.4. The quantitative estimate of drug-likeness (QED) is 0.400. The molecule has 1 heterocycles. The number of methoxy groups -OCH3 is 1. The second-order valence-electron chi connectivity index (χ2n) is 6.69. The molecule has 1 aromatic rings. The van der Waals surface area contributed by atoms with Gasteiger partial charge in [-0.15, -0.1) is 0 Å². The van der Waals surface area contributed by atoms with Crippen molar-refractivity contribution in [1.82, 2.24) is 5.32 Å². The number of thioether (sulfide) groups is 1. The largest absolute Gasteiger partial charge is 0.467 e. The van der Waals surface area contributed by atoms with E-state index < -0.39 is 22.8 Å². The lowest BCUT2D eigenvalue weighted by Crippen LogP contribution is -2.42. The second kappa shape index (κ2) is 10.9. The first-order chi connectivity index (χ1) is 13.5. The average Bonchev–Trinajstić information content (AvgIpc) is 2.99. The highest BCUT2D eigenvalue weighted by Gasteiger charge is 2.25. The Labute approximate surface area is 169 Å². The molecule has 0 spiro atoms. The van der Waals surface area contributed by atoms with Crippen molar-refractivity contribution in [3.8, 4) is 0 Å². The molecule has 28 heavy (non-hydrogen) atoms. The summed E-state index contributed by atoms with van der Waals surface area (Å²) in [5, 5.41) is 14.2. The molecule has 1 atom stereocenters. The number of benzene rings is 1. The van der Waals surface area contributed by atoms with Gasteiger partial charge in [0.15, 0.2) is 0 Å². The molecule has 1 aliphatic heterocycles. The first kappa shape index (κ1) is 22.0. The lowest BCUT2D eigenvalue weighted by molar-refractivity contribution is -0.384. The average molecular weight is 410 g/mol. The van der Waals surface area contributed by atoms with Crippen LogP contribution in [0.3, 0.4) is 0 Å². The summed E-state index contributed by atoms with van der Waals surface area (Å²) in [6.07, 6.45) is 6.56. The van der Waals surface area contributed by atoms with E-state index in [1.807, 2.05) is 11.2 Å². The van der Waals surface area contributed by atoms with Crippen molar-refractivity contribution in [3.05, 3.63) is 33.9 Å². The van der Waals surface area contributed by atoms with Gasteiger partial charge in [-0.1, -0.05) is 12.8 Å². The van der Waals surface area contributed by atoms with E-state index in [1.54, 1.807) is 23.9 Å². The number of carbonyl (C=O) groups is 2. The minimum atomic E-state index is -0.783. The molecule has 1 fully saturated rings. The maximum absolute atomic E-state index is 12.6. The van der Waals surface area contributed by atoms with Crippen LogP contribution in [0.4, 0.5) is 11.4 Å². The number of nitrogens with one attached hydrogen (secondary N) is 1. The van der Waals surface area contributed by atoms with E-state index in [9.17, 15) is 19.7 Å². The number of anilines is 1. The Morgan fingerprint density at radius 2 is 1.96 bits per heavy atom. The highest BCUT2D eigenvalue weighted by atomic mass is 32.2. The van der Waals surface area contributed by atoms with Crippen LogP contribution >= 0.6 is 11.8 Å². The number of hydrogen-bond acceptors (Lipinski definition) is 7. The first-order valence-electron chi connectivity index (χ1n) is 9.39. The summed E-state index contributed by atoms with van der Waals surface area (Å²) in [7, 11) is 1.27. The Balaban J connectivity index is 2.22. The van der Waals surface area contributed by atoms with Crippen molar-refractivity contribution >= 4 is 35.0 Å². The molecule has 0 aromatic heterocycles. The van der Waals surface area contributed by atoms with E-state index in [2.05, 4.69) is 5.32 Å². The van der Waals surface area contributed by atoms with Gasteiger partial charge in [0.2, 0.25) is 0 Å². The van der Waals surface area contributed by atoms with Gasteiger partial charge >= 0.3 is 5.97 Å². The summed E-state index contributed by atoms with van der Waals surface area (Å²) in [6, 6.07) is 3.71. The van der Waals surface area contributed by atoms with Gasteiger partial charge in [0, 0.05) is 24.7 Å². The monoisotopic (exact) mass is 409 g/mol. The van der Waals surface area contributed by atoms with Gasteiger partial charge in [0.25, 0.3) is 11.6 Å². The van der Waals surface area contributed by atoms with Crippen LogP contribution in [0.1, 0.15) is 42.5 Å². The number of amides is 1. The SMILES string of the molecule is COC(=O)[C@@H](CCSC)NC(=O)c1ccc(N2CCCCCC2)c([N+](=O)[O-])c1. The van der Waals surface area contributed by atoms with Crippen LogP contribution in [0.2, 0.25) is 0 Å². The van der Waals surface area contributed by atoms with E-state index in [0.717, 1.165) is 38.8 Å². The van der Waals surface area contributed by atoms with Crippen molar-refractivity contribution in [1.29, 1.82) is 0 Å². The lowest BCUT2D eigenvalue weighted by Gasteiger charge is -2.22. The molecule has 8 nitrogen and oxygen atoms in total. The predicted octanol–water partition coefficient (Wildman–Crippen LogP) is 3.00. The minimum absolute atomic E-state index is 0.0896. The first-order valence-corrected chi connectivity index (χ1v) is 10.8. The van der Waals surface area contributed by atoms with Crippen molar-refractivity contribution < 1.29 is 19.2 Å². The van der Waals surface area contributed by atoms with Crippen LogP contribution in [0.5, 0.6) is 0 Å². The van der Waals surface area contributed by atoms with Gasteiger partial charge in [-0.2, -0.15) is 11.8 Å². The molecule has 1 N–H and O–H groups in total. The van der Waals surface area contributed by atoms with E-state index in [-0.39, 0.29) is 11.3 Å². The van der Waals surface area contributed by atoms with Gasteiger partial charge in [0.1, 0.15) is 11.7 Å². The van der Waals surface area contributed by atoms with Crippen LogP contribution in [-0.2, 0) is 9.53 Å². The summed E-state index contributed by atoms with van der Waals surface area (Å²) in [5.41, 5.74) is 0.604. The number of hydrogen-bond donors (Lipinski definition) is 1. The van der Waals surface area contributed by atoms with Crippen LogP contribution in [0, 0.1) is 10.1 Å². The molecular formula is C19H27N3O5S. The maximum atomic E-state index is 12.6. The molecule has 1 amide bonds. The van der Waals surface area contributed by atoms with Crippen molar-refractivity contribution in [2.75, 3.05) is 37.1 Å². The number of nitro groups is 1. The fourth-order valence-electron chi connectivity index (χ4n) is 3.26. The van der Waals surface area contributed by atoms with Crippen LogP contribution in [0.25, 0.3) is 0 Å². The Bertz CT molecular complexity index is 705. The van der Waals surface area contributed by atoms with Crippen molar-refractivity contribution in [3.63, 3.8) is 0 Å². The second-order valence-corrected chi connectivity index (χ2v) is 7.68. The topological polar surface area (TPSA) is 102 Å². The molecule has 0 radical (unpaired) electrons. The number of esters is 1. The zero-order chi connectivity index (χ0) is 20.5. The molecule has 154 valence electrons. The third-order valence-electron chi connectivity index (χ3n) is 4.78. The Morgan fingerprint density at radius 1 is 1.29 bits per heavy atom. The Kier molecular flexibility index (Phi) is 8.56. The van der Waals surface area contributed by atoms with Crippen molar-refractivity contribution in [2.45, 2.75) is 38.1 Å². The lowest BCUT2D eigenvalue weighted by atomic mass is 10.1. The summed E-state index contributed by atoms with van der Waals surface area (Å²) >= 11 is 1.55. The third kappa shape index (κ3) is 5.85. The molecule has 2 rings (SSSR count). The highest BCUT2D eigenvalue weighted by Crippen LogP contribution is 2.31. The van der Waals surface area contributed by atoms with Gasteiger partial charge < -0.3 is 15.0 Å². The predicted molar refractivity (Wildman–Crippen MR) is 110 cm³/mol. The van der Waals surface area contributed by atoms with Crippen LogP contribution in [-0.4, -0.2) is 55.0 Å². The standard InChI is InChI=1S/C19H27N3O5S/c1-27-19(24)15(9-12-28-2)20-18(23)14-7-8-16(17(13-14)22(25)26)21-10-5-3-4-6-11-21/h7-8,13,15H,3-6,9-12H2,1-2H3,(H,20,23)/t15-/m1/s1. The van der Waals surface area contributed by atoms with E-state index in [0.29, 0.717) is 17.9 Å². The van der Waals surface area contributed by atoms with E-state index in [4.69, 9.17) is 4.74 Å². The number of rotatable bonds is 8. The molecular weight excluding hydrogens is 382 g/mol. The molecule has 0 bridgehead atoms. The highest BCUT2D eigenvalue weighted by molar-refractivity contribution is 7.98. The third-order valence-corrected chi connectivity index (χ3v) is 5.43. The number of ether oxygens (including phenoxy) is 1. The molecule has 1 saturated heterocycles. The Hall–Kier alpha value is -2.29. The van der Waals surface area contributed by atoms with E-state index in [1.165, 1.54) is 13.2 Å². The van der Waals surface area contributed by atoms with E-state index >= 15 is 0 Å². The van der Waals surface area contributed by atoms with Crippen LogP contribution in [0.15, 0.2) is 18.2 Å². The smallest absolute Gasteiger partial charge is 0.328 e. The zero-order valence-electron chi connectivity index (χ0n) is 16.3. The number of nitro benzene ring substituents is 1. The molecule has 0 saturated carbocycles. The summed E-state index contributed by atoms with van der Waals surface area (Å²) < 4.78 is 4.74. The zero-order valence-corrected chi connectivity index (χ0v) is 17.1. The van der Waals surface area contributed by atoms with Gasteiger partial charge in [-0.25, -0.2) is 4.79 Å². The maximum Gasteiger partial charge on any atom is 0.328 e. The fourth-order valence-corrected chi connectivity index (χ4v) is 3.73.